The van der Waals surface area contributed by atoms with Crippen LogP contribution in [0.1, 0.15) is 5.56 Å². The summed E-state index contributed by atoms with van der Waals surface area (Å²) in [7, 11) is 1.67. The van der Waals surface area contributed by atoms with Gasteiger partial charge in [-0.05, 0) is 30.2 Å². The van der Waals surface area contributed by atoms with E-state index in [2.05, 4.69) is 5.32 Å². The van der Waals surface area contributed by atoms with Crippen molar-refractivity contribution in [3.05, 3.63) is 52.0 Å². The number of anilines is 2. The van der Waals surface area contributed by atoms with E-state index < -0.39 is 0 Å². The number of hydrogen-bond acceptors (Lipinski definition) is 3. The molecule has 106 valence electrons. The van der Waals surface area contributed by atoms with E-state index in [4.69, 9.17) is 33.7 Å². The summed E-state index contributed by atoms with van der Waals surface area (Å²) in [5.41, 5.74) is 8.06. The Kier molecular flexibility index (Phi) is 4.99. The van der Waals surface area contributed by atoms with Gasteiger partial charge in [-0.2, -0.15) is 0 Å². The van der Waals surface area contributed by atoms with Crippen LogP contribution in [-0.4, -0.2) is 13.7 Å². The first-order valence-corrected chi connectivity index (χ1v) is 6.97. The van der Waals surface area contributed by atoms with E-state index in [0.29, 0.717) is 28.0 Å². The minimum atomic E-state index is 0.523. The molecule has 0 aliphatic rings. The topological polar surface area (TPSA) is 47.3 Å². The Labute approximate surface area is 128 Å². The molecule has 20 heavy (non-hydrogen) atoms. The second-order valence-corrected chi connectivity index (χ2v) is 5.16. The highest BCUT2D eigenvalue weighted by Gasteiger charge is 2.07. The lowest BCUT2D eigenvalue weighted by molar-refractivity contribution is 0.410. The van der Waals surface area contributed by atoms with Gasteiger partial charge in [-0.25, -0.2) is 0 Å². The Morgan fingerprint density at radius 1 is 1.15 bits per heavy atom. The van der Waals surface area contributed by atoms with Crippen molar-refractivity contribution < 1.29 is 4.74 Å². The molecule has 2 aromatic carbocycles. The van der Waals surface area contributed by atoms with Gasteiger partial charge in [0.15, 0.2) is 0 Å². The van der Waals surface area contributed by atoms with Crippen LogP contribution in [0, 0.1) is 0 Å². The monoisotopic (exact) mass is 310 g/mol. The predicted molar refractivity (Wildman–Crippen MR) is 86.1 cm³/mol. The lowest BCUT2D eigenvalue weighted by atomic mass is 10.1. The molecule has 0 bridgehead atoms. The number of methoxy groups -OCH3 is 1. The number of benzene rings is 2. The molecule has 0 radical (unpaired) electrons. The Morgan fingerprint density at radius 2 is 1.80 bits per heavy atom. The molecule has 2 rings (SSSR count). The van der Waals surface area contributed by atoms with Crippen LogP contribution in [0.25, 0.3) is 0 Å². The van der Waals surface area contributed by atoms with Gasteiger partial charge in [0.1, 0.15) is 5.75 Å². The van der Waals surface area contributed by atoms with Crippen molar-refractivity contribution in [2.45, 2.75) is 6.42 Å². The first-order valence-electron chi connectivity index (χ1n) is 6.22. The third-order valence-corrected chi connectivity index (χ3v) is 3.55. The summed E-state index contributed by atoms with van der Waals surface area (Å²) in [6.07, 6.45) is 0.807. The van der Waals surface area contributed by atoms with Crippen LogP contribution in [0.2, 0.25) is 10.0 Å². The lowest BCUT2D eigenvalue weighted by Crippen LogP contribution is -2.07. The third-order valence-electron chi connectivity index (χ3n) is 2.95. The molecule has 0 spiro atoms. The van der Waals surface area contributed by atoms with Gasteiger partial charge in [0.2, 0.25) is 0 Å². The zero-order chi connectivity index (χ0) is 14.5. The standard InChI is InChI=1S/C15H16Cl2N2O/c1-20-14-5-3-2-4-10(14)6-7-19-15-12(16)8-11(18)9-13(15)17/h2-5,8-9,19H,6-7,18H2,1H3. The van der Waals surface area contributed by atoms with E-state index in [1.165, 1.54) is 0 Å². The van der Waals surface area contributed by atoms with Crippen molar-refractivity contribution in [2.24, 2.45) is 0 Å². The maximum atomic E-state index is 6.12. The largest absolute Gasteiger partial charge is 0.496 e. The molecule has 0 atom stereocenters. The Balaban J connectivity index is 2.03. The van der Waals surface area contributed by atoms with Gasteiger partial charge in [0.05, 0.1) is 22.8 Å². The third kappa shape index (κ3) is 3.50. The van der Waals surface area contributed by atoms with Crippen LogP contribution in [-0.2, 0) is 6.42 Å². The van der Waals surface area contributed by atoms with Gasteiger partial charge in [0.25, 0.3) is 0 Å². The summed E-state index contributed by atoms with van der Waals surface area (Å²) in [6, 6.07) is 11.3. The van der Waals surface area contributed by atoms with Crippen molar-refractivity contribution in [3.63, 3.8) is 0 Å². The highest BCUT2D eigenvalue weighted by atomic mass is 35.5. The van der Waals surface area contributed by atoms with Crippen molar-refractivity contribution in [1.82, 2.24) is 0 Å². The van der Waals surface area contributed by atoms with E-state index in [1.54, 1.807) is 19.2 Å². The summed E-state index contributed by atoms with van der Waals surface area (Å²) in [4.78, 5) is 0. The van der Waals surface area contributed by atoms with Gasteiger partial charge >= 0.3 is 0 Å². The smallest absolute Gasteiger partial charge is 0.122 e. The summed E-state index contributed by atoms with van der Waals surface area (Å²) in [5, 5.41) is 4.28. The molecule has 5 heteroatoms. The fraction of sp³-hybridized carbons (Fsp3) is 0.200. The van der Waals surface area contributed by atoms with Crippen molar-refractivity contribution in [2.75, 3.05) is 24.7 Å². The second kappa shape index (κ2) is 6.73. The van der Waals surface area contributed by atoms with Crippen LogP contribution in [0.5, 0.6) is 5.75 Å². The first kappa shape index (κ1) is 14.8. The molecule has 0 heterocycles. The molecule has 0 amide bonds. The Morgan fingerprint density at radius 3 is 2.45 bits per heavy atom. The summed E-state index contributed by atoms with van der Waals surface area (Å²) < 4.78 is 5.31. The fourth-order valence-electron chi connectivity index (χ4n) is 1.99. The van der Waals surface area contributed by atoms with Gasteiger partial charge in [-0.1, -0.05) is 41.4 Å². The minimum absolute atomic E-state index is 0.523. The molecule has 0 aliphatic heterocycles. The molecule has 0 saturated heterocycles. The highest BCUT2D eigenvalue weighted by molar-refractivity contribution is 6.39. The molecule has 0 aliphatic carbocycles. The predicted octanol–water partition coefficient (Wildman–Crippen LogP) is 4.24. The molecule has 3 nitrogen and oxygen atoms in total. The van der Waals surface area contributed by atoms with Crippen molar-refractivity contribution in [1.29, 1.82) is 0 Å². The zero-order valence-corrected chi connectivity index (χ0v) is 12.6. The van der Waals surface area contributed by atoms with E-state index in [0.717, 1.165) is 17.7 Å². The average molecular weight is 311 g/mol. The number of nitrogens with one attached hydrogen (secondary N) is 1. The van der Waals surface area contributed by atoms with Crippen LogP contribution < -0.4 is 15.8 Å². The molecule has 0 saturated carbocycles. The number of ether oxygens (including phenoxy) is 1. The van der Waals surface area contributed by atoms with E-state index >= 15 is 0 Å². The quantitative estimate of drug-likeness (QED) is 0.812. The van der Waals surface area contributed by atoms with E-state index in [1.807, 2.05) is 24.3 Å². The van der Waals surface area contributed by atoms with Crippen molar-refractivity contribution >= 4 is 34.6 Å². The Hall–Kier alpha value is -1.58. The maximum Gasteiger partial charge on any atom is 0.122 e. The van der Waals surface area contributed by atoms with Gasteiger partial charge < -0.3 is 15.8 Å². The molecule has 0 fully saturated rings. The Bertz CT molecular complexity index is 579. The molecule has 2 aromatic rings. The summed E-state index contributed by atoms with van der Waals surface area (Å²) >= 11 is 12.2. The SMILES string of the molecule is COc1ccccc1CCNc1c(Cl)cc(N)cc1Cl. The fourth-order valence-corrected chi connectivity index (χ4v) is 2.63. The molecule has 3 N–H and O–H groups in total. The van der Waals surface area contributed by atoms with Crippen LogP contribution in [0.4, 0.5) is 11.4 Å². The number of para-hydroxylation sites is 1. The lowest BCUT2D eigenvalue weighted by Gasteiger charge is -2.12. The minimum Gasteiger partial charge on any atom is -0.496 e. The van der Waals surface area contributed by atoms with E-state index in [-0.39, 0.29) is 0 Å². The molecular weight excluding hydrogens is 295 g/mol. The second-order valence-electron chi connectivity index (χ2n) is 4.35. The van der Waals surface area contributed by atoms with Crippen LogP contribution in [0.3, 0.4) is 0 Å². The number of halogens is 2. The zero-order valence-electron chi connectivity index (χ0n) is 11.1. The molecular formula is C15H16Cl2N2O. The number of hydrogen-bond donors (Lipinski definition) is 2. The summed E-state index contributed by atoms with van der Waals surface area (Å²) in [6.45, 7) is 0.698. The normalized spacial score (nSPS) is 10.3. The number of rotatable bonds is 5. The van der Waals surface area contributed by atoms with E-state index in [9.17, 15) is 0 Å². The van der Waals surface area contributed by atoms with Crippen LogP contribution >= 0.6 is 23.2 Å². The highest BCUT2D eigenvalue weighted by Crippen LogP contribution is 2.32. The van der Waals surface area contributed by atoms with Gasteiger partial charge in [-0.3, -0.25) is 0 Å². The van der Waals surface area contributed by atoms with Crippen molar-refractivity contribution in [3.8, 4) is 5.75 Å². The van der Waals surface area contributed by atoms with Gasteiger partial charge in [-0.15, -0.1) is 0 Å². The molecule has 0 unspecified atom stereocenters. The summed E-state index contributed by atoms with van der Waals surface area (Å²) in [5.74, 6) is 0.879. The maximum absolute atomic E-state index is 6.12. The number of nitrogens with two attached hydrogens (primary N) is 1. The van der Waals surface area contributed by atoms with Crippen LogP contribution in [0.15, 0.2) is 36.4 Å². The average Bonchev–Trinajstić information content (AvgIpc) is 2.42. The molecule has 0 aromatic heterocycles. The van der Waals surface area contributed by atoms with Gasteiger partial charge in [0, 0.05) is 12.2 Å². The number of nitrogen functional groups attached to an aromatic ring is 1. The first-order chi connectivity index (χ1) is 9.61.